The fraction of sp³-hybridized carbons (Fsp3) is 0.647. The van der Waals surface area contributed by atoms with E-state index in [0.717, 1.165) is 6.04 Å². The first-order chi connectivity index (χ1) is 9.36. The van der Waals surface area contributed by atoms with Gasteiger partial charge in [-0.3, -0.25) is 0 Å². The van der Waals surface area contributed by atoms with Crippen LogP contribution in [0.2, 0.25) is 0 Å². The van der Waals surface area contributed by atoms with E-state index >= 15 is 0 Å². The average molecular weight is 258 g/mol. The molecule has 2 aliphatic rings. The first-order valence-corrected chi connectivity index (χ1v) is 7.92. The van der Waals surface area contributed by atoms with Crippen molar-refractivity contribution in [1.29, 1.82) is 0 Å². The Morgan fingerprint density at radius 1 is 1.21 bits per heavy atom. The molecule has 0 spiro atoms. The maximum Gasteiger partial charge on any atom is 0.0320 e. The fourth-order valence-corrected chi connectivity index (χ4v) is 3.80. The van der Waals surface area contributed by atoms with E-state index in [2.05, 4.69) is 47.5 Å². The highest BCUT2D eigenvalue weighted by atomic mass is 15.2. The third-order valence-electron chi connectivity index (χ3n) is 4.87. The topological polar surface area (TPSA) is 15.3 Å². The molecule has 3 unspecified atom stereocenters. The van der Waals surface area contributed by atoms with E-state index < -0.39 is 0 Å². The molecule has 0 aliphatic carbocycles. The van der Waals surface area contributed by atoms with Crippen LogP contribution in [-0.4, -0.2) is 30.1 Å². The van der Waals surface area contributed by atoms with E-state index in [1.807, 2.05) is 0 Å². The van der Waals surface area contributed by atoms with Crippen LogP contribution >= 0.6 is 0 Å². The lowest BCUT2D eigenvalue weighted by Crippen LogP contribution is -2.46. The summed E-state index contributed by atoms with van der Waals surface area (Å²) in [5.74, 6) is 0. The monoisotopic (exact) mass is 258 g/mol. The minimum absolute atomic E-state index is 0.527. The Morgan fingerprint density at radius 2 is 2.05 bits per heavy atom. The predicted molar refractivity (Wildman–Crippen MR) is 80.2 cm³/mol. The van der Waals surface area contributed by atoms with E-state index in [1.165, 1.54) is 50.8 Å². The van der Waals surface area contributed by atoms with Crippen molar-refractivity contribution in [3.8, 4) is 0 Å². The molecule has 2 nitrogen and oxygen atoms in total. The minimum Gasteiger partial charge on any atom is -0.307 e. The highest BCUT2D eigenvalue weighted by molar-refractivity contribution is 5.19. The molecule has 0 saturated carbocycles. The zero-order valence-corrected chi connectivity index (χ0v) is 12.0. The SMILES string of the molecule is CCC(NC1CCN2CCCC2C1)c1ccccc1. The molecule has 2 heterocycles. The Kier molecular flexibility index (Phi) is 4.19. The zero-order valence-electron chi connectivity index (χ0n) is 12.0. The van der Waals surface area contributed by atoms with Gasteiger partial charge in [-0.1, -0.05) is 37.3 Å². The molecule has 2 saturated heterocycles. The number of rotatable bonds is 4. The summed E-state index contributed by atoms with van der Waals surface area (Å²) in [7, 11) is 0. The second-order valence-electron chi connectivity index (χ2n) is 6.09. The highest BCUT2D eigenvalue weighted by Gasteiger charge is 2.32. The second kappa shape index (κ2) is 6.06. The predicted octanol–water partition coefficient (Wildman–Crippen LogP) is 3.35. The molecule has 0 radical (unpaired) electrons. The summed E-state index contributed by atoms with van der Waals surface area (Å²) in [4.78, 5) is 2.70. The highest BCUT2D eigenvalue weighted by Crippen LogP contribution is 2.28. The molecule has 0 amide bonds. The van der Waals surface area contributed by atoms with E-state index in [9.17, 15) is 0 Å². The van der Waals surface area contributed by atoms with Crippen LogP contribution in [0.4, 0.5) is 0 Å². The lowest BCUT2D eigenvalue weighted by Gasteiger charge is -2.37. The van der Waals surface area contributed by atoms with Gasteiger partial charge >= 0.3 is 0 Å². The molecule has 2 aliphatic heterocycles. The first-order valence-electron chi connectivity index (χ1n) is 7.92. The third-order valence-corrected chi connectivity index (χ3v) is 4.87. The van der Waals surface area contributed by atoms with Crippen LogP contribution < -0.4 is 5.32 Å². The minimum atomic E-state index is 0.527. The maximum absolute atomic E-state index is 3.91. The summed E-state index contributed by atoms with van der Waals surface area (Å²) >= 11 is 0. The number of fused-ring (bicyclic) bond motifs is 1. The summed E-state index contributed by atoms with van der Waals surface area (Å²) in [6.45, 7) is 4.93. The molecule has 0 bridgehead atoms. The molecule has 1 aromatic carbocycles. The van der Waals surface area contributed by atoms with Gasteiger partial charge in [-0.15, -0.1) is 0 Å². The van der Waals surface area contributed by atoms with Gasteiger partial charge in [0.1, 0.15) is 0 Å². The summed E-state index contributed by atoms with van der Waals surface area (Å²) in [5, 5.41) is 3.91. The molecule has 3 rings (SSSR count). The summed E-state index contributed by atoms with van der Waals surface area (Å²) < 4.78 is 0. The van der Waals surface area contributed by atoms with Gasteiger partial charge in [0, 0.05) is 18.1 Å². The molecule has 1 N–H and O–H groups in total. The van der Waals surface area contributed by atoms with Crippen molar-refractivity contribution in [2.45, 2.75) is 57.2 Å². The summed E-state index contributed by atoms with van der Waals surface area (Å²) in [6, 6.07) is 13.0. The van der Waals surface area contributed by atoms with E-state index in [-0.39, 0.29) is 0 Å². The first kappa shape index (κ1) is 13.1. The normalized spacial score (nSPS) is 29.1. The van der Waals surface area contributed by atoms with Crippen LogP contribution in [0.15, 0.2) is 30.3 Å². The number of hydrogen-bond acceptors (Lipinski definition) is 2. The van der Waals surface area contributed by atoms with Crippen LogP contribution in [0.3, 0.4) is 0 Å². The van der Waals surface area contributed by atoms with Gasteiger partial charge in [-0.2, -0.15) is 0 Å². The Balaban J connectivity index is 1.60. The lowest BCUT2D eigenvalue weighted by atomic mass is 9.95. The molecular formula is C17H26N2. The van der Waals surface area contributed by atoms with Crippen molar-refractivity contribution in [2.75, 3.05) is 13.1 Å². The van der Waals surface area contributed by atoms with Gasteiger partial charge in [0.2, 0.25) is 0 Å². The molecule has 1 aromatic rings. The number of benzene rings is 1. The number of piperidine rings is 1. The molecule has 2 heteroatoms. The van der Waals surface area contributed by atoms with Crippen molar-refractivity contribution in [1.82, 2.24) is 10.2 Å². The Hall–Kier alpha value is -0.860. The van der Waals surface area contributed by atoms with Crippen molar-refractivity contribution >= 4 is 0 Å². The van der Waals surface area contributed by atoms with Gasteiger partial charge < -0.3 is 10.2 Å². The van der Waals surface area contributed by atoms with E-state index in [0.29, 0.717) is 12.1 Å². The Bertz CT molecular complexity index is 390. The van der Waals surface area contributed by atoms with Crippen molar-refractivity contribution in [2.24, 2.45) is 0 Å². The number of nitrogens with one attached hydrogen (secondary N) is 1. The summed E-state index contributed by atoms with van der Waals surface area (Å²) in [6.07, 6.45) is 6.67. The number of hydrogen-bond donors (Lipinski definition) is 1. The van der Waals surface area contributed by atoms with Crippen LogP contribution in [0.25, 0.3) is 0 Å². The third kappa shape index (κ3) is 3.01. The van der Waals surface area contributed by atoms with E-state index in [1.54, 1.807) is 0 Å². The molecule has 3 atom stereocenters. The van der Waals surface area contributed by atoms with Gasteiger partial charge in [-0.25, -0.2) is 0 Å². The fourth-order valence-electron chi connectivity index (χ4n) is 3.80. The molecule has 2 fully saturated rings. The molecular weight excluding hydrogens is 232 g/mol. The Morgan fingerprint density at radius 3 is 2.84 bits per heavy atom. The molecule has 104 valence electrons. The number of nitrogens with zero attached hydrogens (tertiary/aromatic N) is 1. The van der Waals surface area contributed by atoms with E-state index in [4.69, 9.17) is 0 Å². The molecule has 0 aromatic heterocycles. The molecule has 19 heavy (non-hydrogen) atoms. The maximum atomic E-state index is 3.91. The van der Waals surface area contributed by atoms with Crippen LogP contribution in [0.5, 0.6) is 0 Å². The van der Waals surface area contributed by atoms with Gasteiger partial charge in [0.15, 0.2) is 0 Å². The standard InChI is InChI=1S/C17H26N2/c1-2-17(14-7-4-3-5-8-14)18-15-10-12-19-11-6-9-16(19)13-15/h3-5,7-8,15-18H,2,6,9-13H2,1H3. The van der Waals surface area contributed by atoms with Crippen molar-refractivity contribution < 1.29 is 0 Å². The van der Waals surface area contributed by atoms with Gasteiger partial charge in [0.05, 0.1) is 0 Å². The second-order valence-corrected chi connectivity index (χ2v) is 6.09. The van der Waals surface area contributed by atoms with Gasteiger partial charge in [0.25, 0.3) is 0 Å². The van der Waals surface area contributed by atoms with Crippen LogP contribution in [0, 0.1) is 0 Å². The van der Waals surface area contributed by atoms with Crippen LogP contribution in [-0.2, 0) is 0 Å². The average Bonchev–Trinajstić information content (AvgIpc) is 2.93. The summed E-state index contributed by atoms with van der Waals surface area (Å²) in [5.41, 5.74) is 1.44. The quantitative estimate of drug-likeness (QED) is 0.891. The zero-order chi connectivity index (χ0) is 13.1. The van der Waals surface area contributed by atoms with Crippen molar-refractivity contribution in [3.05, 3.63) is 35.9 Å². The largest absolute Gasteiger partial charge is 0.307 e. The Labute approximate surface area is 117 Å². The van der Waals surface area contributed by atoms with Crippen molar-refractivity contribution in [3.63, 3.8) is 0 Å². The lowest BCUT2D eigenvalue weighted by molar-refractivity contribution is 0.160. The van der Waals surface area contributed by atoms with Gasteiger partial charge in [-0.05, 0) is 50.8 Å². The van der Waals surface area contributed by atoms with Crippen LogP contribution in [0.1, 0.15) is 50.6 Å². The smallest absolute Gasteiger partial charge is 0.0320 e.